The van der Waals surface area contributed by atoms with Gasteiger partial charge in [-0.05, 0) is 6.92 Å². The predicted molar refractivity (Wildman–Crippen MR) is 67.0 cm³/mol. The van der Waals surface area contributed by atoms with E-state index in [4.69, 9.17) is 14.2 Å². The molecule has 0 aliphatic carbocycles. The molecule has 19 heavy (non-hydrogen) atoms. The van der Waals surface area contributed by atoms with Crippen LogP contribution in [0, 0.1) is 10.1 Å². The lowest BCUT2D eigenvalue weighted by Crippen LogP contribution is -2.08. The minimum atomic E-state index is -0.640. The van der Waals surface area contributed by atoms with Crippen molar-refractivity contribution in [1.29, 1.82) is 0 Å². The van der Waals surface area contributed by atoms with E-state index in [1.165, 1.54) is 19.2 Å². The molecule has 7 heteroatoms. The number of ether oxygens (including phenoxy) is 3. The van der Waals surface area contributed by atoms with Gasteiger partial charge in [0.1, 0.15) is 6.61 Å². The molecule has 0 N–H and O–H groups in total. The van der Waals surface area contributed by atoms with E-state index in [1.54, 1.807) is 0 Å². The molecule has 0 fully saturated rings. The Kier molecular flexibility index (Phi) is 5.74. The van der Waals surface area contributed by atoms with Crippen LogP contribution in [0.5, 0.6) is 11.5 Å². The van der Waals surface area contributed by atoms with Gasteiger partial charge in [0, 0.05) is 12.7 Å². The summed E-state index contributed by atoms with van der Waals surface area (Å²) in [5.41, 5.74) is -0.374. The zero-order chi connectivity index (χ0) is 14.3. The molecule has 0 amide bonds. The molecule has 1 rings (SSSR count). The number of aldehydes is 1. The van der Waals surface area contributed by atoms with E-state index in [1.807, 2.05) is 6.92 Å². The first-order valence-corrected chi connectivity index (χ1v) is 5.66. The summed E-state index contributed by atoms with van der Waals surface area (Å²) < 4.78 is 15.5. The van der Waals surface area contributed by atoms with E-state index in [2.05, 4.69) is 0 Å². The Balaban J connectivity index is 2.97. The second-order valence-electron chi connectivity index (χ2n) is 3.48. The monoisotopic (exact) mass is 269 g/mol. The van der Waals surface area contributed by atoms with Gasteiger partial charge in [0.2, 0.25) is 0 Å². The van der Waals surface area contributed by atoms with Crippen molar-refractivity contribution in [3.05, 3.63) is 27.8 Å². The molecular weight excluding hydrogens is 254 g/mol. The van der Waals surface area contributed by atoms with Gasteiger partial charge < -0.3 is 14.2 Å². The summed E-state index contributed by atoms with van der Waals surface area (Å²) in [4.78, 5) is 21.0. The molecule has 0 aliphatic heterocycles. The number of benzene rings is 1. The topological polar surface area (TPSA) is 87.9 Å². The van der Waals surface area contributed by atoms with Gasteiger partial charge in [-0.3, -0.25) is 14.9 Å². The second-order valence-corrected chi connectivity index (χ2v) is 3.48. The number of carbonyl (C=O) groups excluding carboxylic acids is 1. The van der Waals surface area contributed by atoms with Crippen LogP contribution in [-0.4, -0.2) is 38.1 Å². The number of nitrogens with zero attached hydrogens (tertiary/aromatic N) is 1. The first-order valence-electron chi connectivity index (χ1n) is 5.66. The number of nitro benzene ring substituents is 1. The van der Waals surface area contributed by atoms with Crippen LogP contribution in [0.25, 0.3) is 0 Å². The maximum Gasteiger partial charge on any atom is 0.283 e. The minimum absolute atomic E-state index is 0.0565. The molecule has 1 aromatic carbocycles. The molecule has 0 aromatic heterocycles. The number of nitro groups is 1. The lowest BCUT2D eigenvalue weighted by molar-refractivity contribution is -0.385. The molecule has 0 aliphatic rings. The normalized spacial score (nSPS) is 10.0. The van der Waals surface area contributed by atoms with Crippen molar-refractivity contribution in [2.75, 3.05) is 26.9 Å². The fourth-order valence-corrected chi connectivity index (χ4v) is 1.44. The van der Waals surface area contributed by atoms with Crippen molar-refractivity contribution in [1.82, 2.24) is 0 Å². The third-order valence-electron chi connectivity index (χ3n) is 2.33. The number of carbonyl (C=O) groups is 1. The van der Waals surface area contributed by atoms with Crippen molar-refractivity contribution in [3.63, 3.8) is 0 Å². The zero-order valence-corrected chi connectivity index (χ0v) is 10.8. The van der Waals surface area contributed by atoms with Crippen LogP contribution in [0.15, 0.2) is 12.1 Å². The lowest BCUT2D eigenvalue weighted by Gasteiger charge is -2.11. The number of hydrogen-bond donors (Lipinski definition) is 0. The fraction of sp³-hybridized carbons (Fsp3) is 0.417. The molecule has 0 saturated heterocycles. The number of rotatable bonds is 8. The molecular formula is C12H15NO6. The number of methoxy groups -OCH3 is 1. The highest BCUT2D eigenvalue weighted by Crippen LogP contribution is 2.33. The van der Waals surface area contributed by atoms with Gasteiger partial charge >= 0.3 is 0 Å². The van der Waals surface area contributed by atoms with Crippen LogP contribution in [0.1, 0.15) is 17.3 Å². The molecule has 0 spiro atoms. The highest BCUT2D eigenvalue weighted by molar-refractivity contribution is 5.83. The lowest BCUT2D eigenvalue weighted by atomic mass is 10.1. The molecule has 0 heterocycles. The van der Waals surface area contributed by atoms with Crippen LogP contribution in [-0.2, 0) is 4.74 Å². The molecule has 0 radical (unpaired) electrons. The maximum absolute atomic E-state index is 10.8. The van der Waals surface area contributed by atoms with E-state index >= 15 is 0 Å². The number of hydrogen-bond acceptors (Lipinski definition) is 6. The van der Waals surface area contributed by atoms with E-state index in [0.717, 1.165) is 0 Å². The van der Waals surface area contributed by atoms with E-state index in [-0.39, 0.29) is 29.4 Å². The average molecular weight is 269 g/mol. The van der Waals surface area contributed by atoms with Gasteiger partial charge in [0.25, 0.3) is 5.69 Å². The third-order valence-corrected chi connectivity index (χ3v) is 2.33. The summed E-state index contributed by atoms with van der Waals surface area (Å²) in [5, 5.41) is 10.8. The van der Waals surface area contributed by atoms with E-state index in [0.29, 0.717) is 19.5 Å². The van der Waals surface area contributed by atoms with Crippen molar-refractivity contribution in [2.24, 2.45) is 0 Å². The summed E-state index contributed by atoms with van der Waals surface area (Å²) in [6.45, 7) is 3.01. The fourth-order valence-electron chi connectivity index (χ4n) is 1.44. The second kappa shape index (κ2) is 7.32. The third kappa shape index (κ3) is 3.92. The standard InChI is InChI=1S/C12H15NO6/c1-3-18-4-5-19-12-7-10(13(15)16)9(8-14)6-11(12)17-2/h6-8H,3-5H2,1-2H3. The van der Waals surface area contributed by atoms with Gasteiger partial charge in [-0.15, -0.1) is 0 Å². The summed E-state index contributed by atoms with van der Waals surface area (Å²) in [6.07, 6.45) is 0.407. The van der Waals surface area contributed by atoms with Gasteiger partial charge in [0.05, 0.1) is 30.3 Å². The Hall–Kier alpha value is -2.15. The minimum Gasteiger partial charge on any atom is -0.493 e. The molecule has 104 valence electrons. The molecule has 7 nitrogen and oxygen atoms in total. The first-order chi connectivity index (χ1) is 9.13. The summed E-state index contributed by atoms with van der Waals surface area (Å²) in [5.74, 6) is 0.476. The Morgan fingerprint density at radius 3 is 2.58 bits per heavy atom. The Morgan fingerprint density at radius 2 is 2.05 bits per heavy atom. The van der Waals surface area contributed by atoms with Crippen LogP contribution in [0.4, 0.5) is 5.69 Å². The average Bonchev–Trinajstić information content (AvgIpc) is 2.42. The van der Waals surface area contributed by atoms with Gasteiger partial charge in [-0.25, -0.2) is 0 Å². The zero-order valence-electron chi connectivity index (χ0n) is 10.8. The van der Waals surface area contributed by atoms with Gasteiger partial charge in [-0.1, -0.05) is 0 Å². The van der Waals surface area contributed by atoms with Crippen LogP contribution >= 0.6 is 0 Å². The molecule has 0 unspecified atom stereocenters. The van der Waals surface area contributed by atoms with Gasteiger partial charge in [0.15, 0.2) is 17.8 Å². The molecule has 1 aromatic rings. The summed E-state index contributed by atoms with van der Waals surface area (Å²) >= 11 is 0. The van der Waals surface area contributed by atoms with Crippen LogP contribution in [0.2, 0.25) is 0 Å². The summed E-state index contributed by atoms with van der Waals surface area (Å²) in [6, 6.07) is 2.45. The van der Waals surface area contributed by atoms with Crippen molar-refractivity contribution in [2.45, 2.75) is 6.92 Å². The van der Waals surface area contributed by atoms with E-state index in [9.17, 15) is 14.9 Å². The van der Waals surface area contributed by atoms with Gasteiger partial charge in [-0.2, -0.15) is 0 Å². The quantitative estimate of drug-likeness (QED) is 0.309. The predicted octanol–water partition coefficient (Wildman–Crippen LogP) is 1.83. The molecule has 0 bridgehead atoms. The van der Waals surface area contributed by atoms with Crippen molar-refractivity contribution in [3.8, 4) is 11.5 Å². The first kappa shape index (κ1) is 14.9. The highest BCUT2D eigenvalue weighted by atomic mass is 16.6. The summed E-state index contributed by atoms with van der Waals surface area (Å²) in [7, 11) is 1.39. The van der Waals surface area contributed by atoms with Crippen molar-refractivity contribution < 1.29 is 23.9 Å². The van der Waals surface area contributed by atoms with Crippen molar-refractivity contribution >= 4 is 12.0 Å². The highest BCUT2D eigenvalue weighted by Gasteiger charge is 2.19. The maximum atomic E-state index is 10.8. The smallest absolute Gasteiger partial charge is 0.283 e. The van der Waals surface area contributed by atoms with Crippen LogP contribution in [0.3, 0.4) is 0 Å². The Labute approximate surface area is 110 Å². The largest absolute Gasteiger partial charge is 0.493 e. The Morgan fingerprint density at radius 1 is 1.32 bits per heavy atom. The van der Waals surface area contributed by atoms with E-state index < -0.39 is 4.92 Å². The molecule has 0 atom stereocenters. The SMILES string of the molecule is CCOCCOc1cc([N+](=O)[O-])c(C=O)cc1OC. The molecule has 0 saturated carbocycles. The Bertz CT molecular complexity index is 460. The van der Waals surface area contributed by atoms with Crippen LogP contribution < -0.4 is 9.47 Å².